The van der Waals surface area contributed by atoms with Gasteiger partial charge in [0.15, 0.2) is 0 Å². The highest BCUT2D eigenvalue weighted by Gasteiger charge is 2.22. The number of ether oxygens (including phenoxy) is 1. The number of likely N-dealkylation sites (N-methyl/N-ethyl adjacent to an activating group) is 1. The number of nitrogens with zero attached hydrogens (tertiary/aromatic N) is 3. The number of rotatable bonds is 7. The molecule has 0 unspecified atom stereocenters. The molecular formula is C17H22ClN3O3S. The summed E-state index contributed by atoms with van der Waals surface area (Å²) in [4.78, 5) is 13.8. The second kappa shape index (κ2) is 8.58. The molecule has 0 radical (unpaired) electrons. The third kappa shape index (κ3) is 6.25. The molecule has 1 aromatic heterocycles. The summed E-state index contributed by atoms with van der Waals surface area (Å²) in [5.41, 5.74) is -0.203. The number of aromatic nitrogens is 2. The number of hydrogen-bond donors (Lipinski definition) is 0. The van der Waals surface area contributed by atoms with Crippen LogP contribution in [0.2, 0.25) is 5.02 Å². The van der Waals surface area contributed by atoms with E-state index < -0.39 is 0 Å². The van der Waals surface area contributed by atoms with Crippen LogP contribution in [0.4, 0.5) is 0 Å². The van der Waals surface area contributed by atoms with E-state index in [0.29, 0.717) is 29.3 Å². The van der Waals surface area contributed by atoms with Crippen molar-refractivity contribution < 1.29 is 13.9 Å². The molecule has 136 valence electrons. The molecule has 0 N–H and O–H groups in total. The minimum atomic E-state index is -0.203. The van der Waals surface area contributed by atoms with Crippen molar-refractivity contribution in [2.45, 2.75) is 31.4 Å². The van der Waals surface area contributed by atoms with Crippen LogP contribution in [-0.4, -0.2) is 47.0 Å². The van der Waals surface area contributed by atoms with Gasteiger partial charge in [-0.1, -0.05) is 44.1 Å². The fourth-order valence-corrected chi connectivity index (χ4v) is 2.59. The van der Waals surface area contributed by atoms with Crippen LogP contribution >= 0.6 is 23.4 Å². The van der Waals surface area contributed by atoms with Crippen LogP contribution in [0.5, 0.6) is 5.75 Å². The van der Waals surface area contributed by atoms with Crippen molar-refractivity contribution in [1.82, 2.24) is 15.1 Å². The van der Waals surface area contributed by atoms with Crippen LogP contribution in [-0.2, 0) is 10.2 Å². The Kier molecular flexibility index (Phi) is 6.72. The Morgan fingerprint density at radius 2 is 1.96 bits per heavy atom. The molecule has 1 amide bonds. The number of halogens is 1. The van der Waals surface area contributed by atoms with Gasteiger partial charge in [0.05, 0.1) is 12.3 Å². The van der Waals surface area contributed by atoms with Crippen LogP contribution in [0.1, 0.15) is 26.7 Å². The zero-order valence-electron chi connectivity index (χ0n) is 14.8. The number of carbonyl (C=O) groups is 1. The van der Waals surface area contributed by atoms with E-state index in [2.05, 4.69) is 10.2 Å². The normalized spacial score (nSPS) is 11.4. The van der Waals surface area contributed by atoms with E-state index in [1.165, 1.54) is 11.8 Å². The van der Waals surface area contributed by atoms with Crippen molar-refractivity contribution >= 4 is 29.3 Å². The minimum Gasteiger partial charge on any atom is -0.492 e. The Balaban J connectivity index is 1.72. The zero-order chi connectivity index (χ0) is 18.4. The van der Waals surface area contributed by atoms with E-state index in [-0.39, 0.29) is 17.1 Å². The molecule has 0 aliphatic heterocycles. The minimum absolute atomic E-state index is 0.0276. The van der Waals surface area contributed by atoms with E-state index in [9.17, 15) is 4.79 Å². The summed E-state index contributed by atoms with van der Waals surface area (Å²) in [6.07, 6.45) is 0. The number of carbonyl (C=O) groups excluding carboxylic acids is 1. The van der Waals surface area contributed by atoms with Gasteiger partial charge < -0.3 is 14.1 Å². The van der Waals surface area contributed by atoms with Crippen molar-refractivity contribution in [2.75, 3.05) is 26.0 Å². The Morgan fingerprint density at radius 3 is 2.56 bits per heavy atom. The summed E-state index contributed by atoms with van der Waals surface area (Å²) in [7, 11) is 1.74. The molecule has 0 fully saturated rings. The zero-order valence-corrected chi connectivity index (χ0v) is 16.4. The average molecular weight is 384 g/mol. The fourth-order valence-electron chi connectivity index (χ4n) is 1.76. The SMILES string of the molecule is CN(CCOc1ccc(Cl)cc1)C(=O)CSc1nnc(C(C)(C)C)o1. The maximum absolute atomic E-state index is 12.1. The molecule has 0 bridgehead atoms. The van der Waals surface area contributed by atoms with Gasteiger partial charge >= 0.3 is 0 Å². The number of hydrogen-bond acceptors (Lipinski definition) is 6. The third-order valence-corrected chi connectivity index (χ3v) is 4.36. The summed E-state index contributed by atoms with van der Waals surface area (Å²) >= 11 is 7.06. The van der Waals surface area contributed by atoms with Gasteiger partial charge in [-0.3, -0.25) is 4.79 Å². The van der Waals surface area contributed by atoms with Crippen molar-refractivity contribution in [2.24, 2.45) is 0 Å². The fraction of sp³-hybridized carbons (Fsp3) is 0.471. The van der Waals surface area contributed by atoms with Crippen molar-refractivity contribution in [3.05, 3.63) is 35.2 Å². The molecule has 2 aromatic rings. The van der Waals surface area contributed by atoms with E-state index >= 15 is 0 Å². The van der Waals surface area contributed by atoms with Gasteiger partial charge in [-0.05, 0) is 24.3 Å². The quantitative estimate of drug-likeness (QED) is 0.680. The highest BCUT2D eigenvalue weighted by atomic mass is 35.5. The van der Waals surface area contributed by atoms with Crippen molar-refractivity contribution in [1.29, 1.82) is 0 Å². The second-order valence-corrected chi connectivity index (χ2v) is 7.89. The van der Waals surface area contributed by atoms with E-state index in [1.807, 2.05) is 20.8 Å². The summed E-state index contributed by atoms with van der Waals surface area (Å²) < 4.78 is 11.1. The lowest BCUT2D eigenvalue weighted by Gasteiger charge is -2.17. The first-order valence-corrected chi connectivity index (χ1v) is 9.21. The van der Waals surface area contributed by atoms with Crippen molar-refractivity contribution in [3.63, 3.8) is 0 Å². The summed E-state index contributed by atoms with van der Waals surface area (Å²) in [6, 6.07) is 7.11. The number of benzene rings is 1. The lowest BCUT2D eigenvalue weighted by molar-refractivity contribution is -0.127. The lowest BCUT2D eigenvalue weighted by Crippen LogP contribution is -2.32. The molecule has 1 aromatic carbocycles. The van der Waals surface area contributed by atoms with Gasteiger partial charge in [-0.2, -0.15) is 0 Å². The van der Waals surface area contributed by atoms with Gasteiger partial charge in [0.25, 0.3) is 5.22 Å². The van der Waals surface area contributed by atoms with Gasteiger partial charge in [0, 0.05) is 17.5 Å². The molecule has 25 heavy (non-hydrogen) atoms. The lowest BCUT2D eigenvalue weighted by atomic mass is 9.97. The first-order chi connectivity index (χ1) is 11.8. The van der Waals surface area contributed by atoms with Crippen LogP contribution in [0, 0.1) is 0 Å². The third-order valence-electron chi connectivity index (χ3n) is 3.30. The molecule has 0 saturated heterocycles. The first-order valence-electron chi connectivity index (χ1n) is 7.85. The number of amides is 1. The van der Waals surface area contributed by atoms with Crippen LogP contribution in [0.25, 0.3) is 0 Å². The Labute approximate surface area is 156 Å². The molecule has 0 aliphatic rings. The molecule has 1 heterocycles. The van der Waals surface area contributed by atoms with E-state index in [0.717, 1.165) is 5.75 Å². The van der Waals surface area contributed by atoms with Gasteiger partial charge in [-0.25, -0.2) is 0 Å². The summed E-state index contributed by atoms with van der Waals surface area (Å²) in [5.74, 6) is 1.50. The smallest absolute Gasteiger partial charge is 0.277 e. The monoisotopic (exact) mass is 383 g/mol. The van der Waals surface area contributed by atoms with E-state index in [4.69, 9.17) is 20.8 Å². The molecule has 8 heteroatoms. The van der Waals surface area contributed by atoms with Crippen LogP contribution in [0.15, 0.2) is 33.9 Å². The molecule has 0 atom stereocenters. The maximum Gasteiger partial charge on any atom is 0.277 e. The number of thioether (sulfide) groups is 1. The molecule has 6 nitrogen and oxygen atoms in total. The van der Waals surface area contributed by atoms with Gasteiger partial charge in [0.1, 0.15) is 12.4 Å². The first kappa shape index (κ1) is 19.6. The maximum atomic E-state index is 12.1. The Hall–Kier alpha value is -1.73. The predicted molar refractivity (Wildman–Crippen MR) is 98.3 cm³/mol. The topological polar surface area (TPSA) is 68.5 Å². The van der Waals surface area contributed by atoms with Gasteiger partial charge in [0.2, 0.25) is 11.8 Å². The highest BCUT2D eigenvalue weighted by molar-refractivity contribution is 7.99. The molecule has 0 saturated carbocycles. The molecule has 0 spiro atoms. The highest BCUT2D eigenvalue weighted by Crippen LogP contribution is 2.24. The molecular weight excluding hydrogens is 362 g/mol. The largest absolute Gasteiger partial charge is 0.492 e. The van der Waals surface area contributed by atoms with E-state index in [1.54, 1.807) is 36.2 Å². The predicted octanol–water partition coefficient (Wildman–Crippen LogP) is 3.65. The van der Waals surface area contributed by atoms with Crippen LogP contribution in [0.3, 0.4) is 0 Å². The average Bonchev–Trinajstić information content (AvgIpc) is 3.03. The van der Waals surface area contributed by atoms with Crippen LogP contribution < -0.4 is 4.74 Å². The van der Waals surface area contributed by atoms with Crippen molar-refractivity contribution in [3.8, 4) is 5.75 Å². The summed E-state index contributed by atoms with van der Waals surface area (Å²) in [5, 5.41) is 9.04. The summed E-state index contributed by atoms with van der Waals surface area (Å²) in [6.45, 7) is 6.88. The standard InChI is InChI=1S/C17H22ClN3O3S/c1-17(2,3)15-19-20-16(24-15)25-11-14(22)21(4)9-10-23-13-7-5-12(18)6-8-13/h5-8H,9-11H2,1-4H3. The Bertz CT molecular complexity index is 698. The molecule has 2 rings (SSSR count). The molecule has 0 aliphatic carbocycles. The Morgan fingerprint density at radius 1 is 1.28 bits per heavy atom. The second-order valence-electron chi connectivity index (χ2n) is 6.53. The van der Waals surface area contributed by atoms with Gasteiger partial charge in [-0.15, -0.1) is 10.2 Å².